The fraction of sp³-hybridized carbons (Fsp3) is 0.529. The molecule has 1 aliphatic rings. The lowest BCUT2D eigenvalue weighted by atomic mass is 10.2. The molecule has 1 heterocycles. The minimum atomic E-state index is -0.192. The standard InChI is InChI=1S/C17H26N4O2/c1-13-5-7-15(8-6-13)21-12-14(11-16(21)22)19-17(23)18-9-4-10-20(2)3/h5-8,14H,4,9-12H2,1-3H3,(H2,18,19,23)/p+1/t14-/m0/s1. The minimum absolute atomic E-state index is 0.0513. The maximum absolute atomic E-state index is 12.1. The van der Waals surface area contributed by atoms with Crippen LogP contribution in [0, 0.1) is 6.92 Å². The summed E-state index contributed by atoms with van der Waals surface area (Å²) in [5.41, 5.74) is 2.05. The van der Waals surface area contributed by atoms with E-state index in [2.05, 4.69) is 24.7 Å². The maximum atomic E-state index is 12.1. The van der Waals surface area contributed by atoms with Gasteiger partial charge in [0, 0.05) is 31.6 Å². The molecule has 1 aromatic carbocycles. The Labute approximate surface area is 137 Å². The molecule has 0 saturated carbocycles. The van der Waals surface area contributed by atoms with Gasteiger partial charge in [0.25, 0.3) is 0 Å². The van der Waals surface area contributed by atoms with Crippen LogP contribution < -0.4 is 20.4 Å². The van der Waals surface area contributed by atoms with Crippen LogP contribution in [0.5, 0.6) is 0 Å². The molecule has 1 fully saturated rings. The lowest BCUT2D eigenvalue weighted by Crippen LogP contribution is -3.05. The van der Waals surface area contributed by atoms with Gasteiger partial charge in [-0.1, -0.05) is 17.7 Å². The zero-order valence-electron chi connectivity index (χ0n) is 14.2. The van der Waals surface area contributed by atoms with Crippen molar-refractivity contribution in [2.45, 2.75) is 25.8 Å². The molecule has 126 valence electrons. The molecule has 0 unspecified atom stereocenters. The van der Waals surface area contributed by atoms with Gasteiger partial charge in [0.1, 0.15) is 0 Å². The first kappa shape index (κ1) is 17.3. The van der Waals surface area contributed by atoms with Crippen molar-refractivity contribution in [2.75, 3.05) is 38.6 Å². The van der Waals surface area contributed by atoms with E-state index in [1.54, 1.807) is 4.90 Å². The van der Waals surface area contributed by atoms with Crippen molar-refractivity contribution in [3.63, 3.8) is 0 Å². The first-order valence-electron chi connectivity index (χ1n) is 8.16. The summed E-state index contributed by atoms with van der Waals surface area (Å²) in [5.74, 6) is 0.0513. The highest BCUT2D eigenvalue weighted by Crippen LogP contribution is 2.21. The number of quaternary nitrogens is 1. The van der Waals surface area contributed by atoms with Gasteiger partial charge in [-0.15, -0.1) is 0 Å². The zero-order valence-corrected chi connectivity index (χ0v) is 14.2. The van der Waals surface area contributed by atoms with Crippen LogP contribution in [0.3, 0.4) is 0 Å². The minimum Gasteiger partial charge on any atom is -0.340 e. The average Bonchev–Trinajstić information content (AvgIpc) is 2.85. The van der Waals surface area contributed by atoms with Crippen LogP contribution in [-0.4, -0.2) is 51.7 Å². The molecule has 1 aromatic rings. The quantitative estimate of drug-likeness (QED) is 0.643. The van der Waals surface area contributed by atoms with E-state index in [0.717, 1.165) is 24.2 Å². The molecule has 0 aliphatic carbocycles. The van der Waals surface area contributed by atoms with Crippen LogP contribution in [0.25, 0.3) is 0 Å². The average molecular weight is 319 g/mol. The summed E-state index contributed by atoms with van der Waals surface area (Å²) in [7, 11) is 4.17. The van der Waals surface area contributed by atoms with Crippen LogP contribution in [0.2, 0.25) is 0 Å². The summed E-state index contributed by atoms with van der Waals surface area (Å²) >= 11 is 0. The number of benzene rings is 1. The Kier molecular flexibility index (Phi) is 5.98. The SMILES string of the molecule is Cc1ccc(N2C[C@@H](NC(=O)NCCC[NH+](C)C)CC2=O)cc1. The first-order valence-corrected chi connectivity index (χ1v) is 8.16. The summed E-state index contributed by atoms with van der Waals surface area (Å²) in [4.78, 5) is 27.1. The van der Waals surface area contributed by atoms with Crippen molar-refractivity contribution in [2.24, 2.45) is 0 Å². The molecule has 0 bridgehead atoms. The molecule has 1 aliphatic heterocycles. The van der Waals surface area contributed by atoms with Gasteiger partial charge in [0.05, 0.1) is 26.7 Å². The number of amides is 3. The van der Waals surface area contributed by atoms with Crippen molar-refractivity contribution >= 4 is 17.6 Å². The van der Waals surface area contributed by atoms with Crippen LogP contribution in [-0.2, 0) is 4.79 Å². The predicted molar refractivity (Wildman–Crippen MR) is 90.8 cm³/mol. The summed E-state index contributed by atoms with van der Waals surface area (Å²) < 4.78 is 0. The van der Waals surface area contributed by atoms with E-state index in [1.807, 2.05) is 31.2 Å². The Morgan fingerprint density at radius 1 is 1.30 bits per heavy atom. The van der Waals surface area contributed by atoms with E-state index in [0.29, 0.717) is 19.5 Å². The Morgan fingerprint density at radius 2 is 2.00 bits per heavy atom. The van der Waals surface area contributed by atoms with E-state index in [1.165, 1.54) is 4.90 Å². The number of hydrogen-bond acceptors (Lipinski definition) is 2. The number of urea groups is 1. The molecule has 3 amide bonds. The van der Waals surface area contributed by atoms with Crippen molar-refractivity contribution in [3.05, 3.63) is 29.8 Å². The Hall–Kier alpha value is -2.08. The predicted octanol–water partition coefficient (Wildman–Crippen LogP) is -0.0659. The van der Waals surface area contributed by atoms with Gasteiger partial charge in [-0.05, 0) is 19.1 Å². The largest absolute Gasteiger partial charge is 0.340 e. The molecule has 6 heteroatoms. The van der Waals surface area contributed by atoms with Crippen molar-refractivity contribution in [1.29, 1.82) is 0 Å². The van der Waals surface area contributed by atoms with Crippen LogP contribution >= 0.6 is 0 Å². The van der Waals surface area contributed by atoms with Gasteiger partial charge in [0.15, 0.2) is 0 Å². The number of carbonyl (C=O) groups excluding carboxylic acids is 2. The van der Waals surface area contributed by atoms with Crippen LogP contribution in [0.15, 0.2) is 24.3 Å². The molecule has 23 heavy (non-hydrogen) atoms. The topological polar surface area (TPSA) is 65.9 Å². The molecule has 6 nitrogen and oxygen atoms in total. The van der Waals surface area contributed by atoms with E-state index in [9.17, 15) is 9.59 Å². The number of nitrogens with zero attached hydrogens (tertiary/aromatic N) is 1. The second kappa shape index (κ2) is 7.97. The van der Waals surface area contributed by atoms with Gasteiger partial charge in [0.2, 0.25) is 5.91 Å². The van der Waals surface area contributed by atoms with Gasteiger partial charge in [-0.2, -0.15) is 0 Å². The lowest BCUT2D eigenvalue weighted by Gasteiger charge is -2.17. The summed E-state index contributed by atoms with van der Waals surface area (Å²) in [6, 6.07) is 7.54. The summed E-state index contributed by atoms with van der Waals surface area (Å²) in [6.45, 7) is 4.21. The summed E-state index contributed by atoms with van der Waals surface area (Å²) in [5, 5.41) is 5.74. The number of aryl methyl sites for hydroxylation is 1. The van der Waals surface area contributed by atoms with E-state index in [-0.39, 0.29) is 18.0 Å². The molecule has 0 aromatic heterocycles. The third-order valence-electron chi connectivity index (χ3n) is 3.95. The molecule has 0 spiro atoms. The second-order valence-electron chi connectivity index (χ2n) is 6.45. The van der Waals surface area contributed by atoms with E-state index < -0.39 is 0 Å². The van der Waals surface area contributed by atoms with Crippen LogP contribution in [0.1, 0.15) is 18.4 Å². The Bertz CT molecular complexity index is 542. The van der Waals surface area contributed by atoms with Crippen molar-refractivity contribution in [3.8, 4) is 0 Å². The van der Waals surface area contributed by atoms with E-state index >= 15 is 0 Å². The molecule has 1 saturated heterocycles. The molecule has 0 radical (unpaired) electrons. The number of carbonyl (C=O) groups is 2. The molecule has 2 rings (SSSR count). The van der Waals surface area contributed by atoms with Crippen LogP contribution in [0.4, 0.5) is 10.5 Å². The van der Waals surface area contributed by atoms with Crippen molar-refractivity contribution < 1.29 is 14.5 Å². The second-order valence-corrected chi connectivity index (χ2v) is 6.45. The summed E-state index contributed by atoms with van der Waals surface area (Å²) in [6.07, 6.45) is 1.29. The third kappa shape index (κ3) is 5.25. The first-order chi connectivity index (χ1) is 11.0. The van der Waals surface area contributed by atoms with Gasteiger partial charge >= 0.3 is 6.03 Å². The third-order valence-corrected chi connectivity index (χ3v) is 3.95. The molecular weight excluding hydrogens is 292 g/mol. The monoisotopic (exact) mass is 319 g/mol. The number of anilines is 1. The maximum Gasteiger partial charge on any atom is 0.315 e. The fourth-order valence-corrected chi connectivity index (χ4v) is 2.66. The molecule has 3 N–H and O–H groups in total. The highest BCUT2D eigenvalue weighted by molar-refractivity contribution is 5.96. The number of rotatable bonds is 6. The lowest BCUT2D eigenvalue weighted by molar-refractivity contribution is -0.858. The smallest absolute Gasteiger partial charge is 0.315 e. The van der Waals surface area contributed by atoms with E-state index in [4.69, 9.17) is 0 Å². The highest BCUT2D eigenvalue weighted by atomic mass is 16.2. The normalized spacial score (nSPS) is 17.7. The van der Waals surface area contributed by atoms with Crippen molar-refractivity contribution in [1.82, 2.24) is 10.6 Å². The molecule has 1 atom stereocenters. The van der Waals surface area contributed by atoms with Gasteiger partial charge < -0.3 is 20.4 Å². The number of nitrogens with one attached hydrogen (secondary N) is 3. The number of hydrogen-bond donors (Lipinski definition) is 3. The Morgan fingerprint density at radius 3 is 2.65 bits per heavy atom. The fourth-order valence-electron chi connectivity index (χ4n) is 2.66. The van der Waals surface area contributed by atoms with Gasteiger partial charge in [-0.3, -0.25) is 4.79 Å². The zero-order chi connectivity index (χ0) is 16.8. The molecular formula is C17H27N4O2+. The Balaban J connectivity index is 1.78. The highest BCUT2D eigenvalue weighted by Gasteiger charge is 2.31. The van der Waals surface area contributed by atoms with Gasteiger partial charge in [-0.25, -0.2) is 4.79 Å².